The molecule has 1 aromatic heterocycles. The number of H-pyrrole nitrogens is 1. The van der Waals surface area contributed by atoms with Gasteiger partial charge in [0.15, 0.2) is 0 Å². The van der Waals surface area contributed by atoms with E-state index in [0.29, 0.717) is 23.6 Å². The number of pyridine rings is 1. The molecule has 108 valence electrons. The van der Waals surface area contributed by atoms with Crippen LogP contribution in [-0.4, -0.2) is 23.2 Å². The molecular weight excluding hydrogens is 280 g/mol. The summed E-state index contributed by atoms with van der Waals surface area (Å²) in [5.74, 6) is 5.49. The Kier molecular flexibility index (Phi) is 5.66. The van der Waals surface area contributed by atoms with E-state index in [-0.39, 0.29) is 5.56 Å². The summed E-state index contributed by atoms with van der Waals surface area (Å²) >= 11 is 5.75. The molecule has 1 rings (SSSR count). The fraction of sp³-hybridized carbons (Fsp3) is 0.429. The van der Waals surface area contributed by atoms with Crippen LogP contribution in [0.2, 0.25) is 5.02 Å². The lowest BCUT2D eigenvalue weighted by atomic mass is 10.2. The predicted octanol–water partition coefficient (Wildman–Crippen LogP) is 2.29. The second-order valence-corrected chi connectivity index (χ2v) is 5.48. The fourth-order valence-electron chi connectivity index (χ4n) is 1.25. The van der Waals surface area contributed by atoms with Crippen molar-refractivity contribution >= 4 is 17.7 Å². The van der Waals surface area contributed by atoms with E-state index in [1.54, 1.807) is 20.8 Å². The molecule has 20 heavy (non-hydrogen) atoms. The first-order chi connectivity index (χ1) is 9.28. The number of hydrogen-bond donors (Lipinski definition) is 2. The van der Waals surface area contributed by atoms with Crippen LogP contribution in [0.15, 0.2) is 17.1 Å². The van der Waals surface area contributed by atoms with Crippen molar-refractivity contribution < 1.29 is 9.53 Å². The maximum absolute atomic E-state index is 11.4. The first kappa shape index (κ1) is 16.1. The Hall–Kier alpha value is -1.93. The van der Waals surface area contributed by atoms with E-state index in [0.717, 1.165) is 0 Å². The third kappa shape index (κ3) is 6.30. The molecular formula is C14H17ClN2O3. The number of carbonyl (C=O) groups excluding carboxylic acids is 1. The van der Waals surface area contributed by atoms with E-state index >= 15 is 0 Å². The van der Waals surface area contributed by atoms with Gasteiger partial charge < -0.3 is 15.0 Å². The van der Waals surface area contributed by atoms with Gasteiger partial charge in [-0.2, -0.15) is 0 Å². The number of ether oxygens (including phenoxy) is 1. The van der Waals surface area contributed by atoms with Crippen molar-refractivity contribution in [2.24, 2.45) is 0 Å². The van der Waals surface area contributed by atoms with E-state index in [4.69, 9.17) is 16.3 Å². The standard InChI is InChI=1S/C14H17ClN2O3/c1-14(2,3)20-13(19)16-7-5-4-6-10-8-11(15)9-17-12(10)18/h8-9H,5,7H2,1-3H3,(H,16,19)(H,17,18). The van der Waals surface area contributed by atoms with Gasteiger partial charge in [-0.1, -0.05) is 23.4 Å². The van der Waals surface area contributed by atoms with Crippen molar-refractivity contribution in [3.8, 4) is 11.8 Å². The molecule has 0 fully saturated rings. The summed E-state index contributed by atoms with van der Waals surface area (Å²) in [6.45, 7) is 5.72. The van der Waals surface area contributed by atoms with E-state index in [1.807, 2.05) is 0 Å². The molecule has 0 aliphatic rings. The number of halogens is 1. The number of aromatic amines is 1. The smallest absolute Gasteiger partial charge is 0.407 e. The molecule has 0 aromatic carbocycles. The molecule has 0 saturated heterocycles. The summed E-state index contributed by atoms with van der Waals surface area (Å²) in [5, 5.41) is 2.99. The minimum atomic E-state index is -0.524. The van der Waals surface area contributed by atoms with E-state index in [1.165, 1.54) is 12.3 Å². The third-order valence-electron chi connectivity index (χ3n) is 2.01. The Morgan fingerprint density at radius 2 is 2.20 bits per heavy atom. The molecule has 0 saturated carbocycles. The maximum Gasteiger partial charge on any atom is 0.407 e. The Labute approximate surface area is 122 Å². The predicted molar refractivity (Wildman–Crippen MR) is 77.8 cm³/mol. The highest BCUT2D eigenvalue weighted by molar-refractivity contribution is 6.30. The lowest BCUT2D eigenvalue weighted by molar-refractivity contribution is 0.0529. The lowest BCUT2D eigenvalue weighted by Crippen LogP contribution is -2.32. The zero-order chi connectivity index (χ0) is 15.2. The average molecular weight is 297 g/mol. The molecule has 1 heterocycles. The summed E-state index contributed by atoms with van der Waals surface area (Å²) in [6, 6.07) is 1.49. The number of nitrogens with one attached hydrogen (secondary N) is 2. The van der Waals surface area contributed by atoms with Crippen molar-refractivity contribution in [3.63, 3.8) is 0 Å². The second-order valence-electron chi connectivity index (χ2n) is 5.04. The van der Waals surface area contributed by atoms with Crippen LogP contribution < -0.4 is 10.9 Å². The van der Waals surface area contributed by atoms with Gasteiger partial charge in [0.05, 0.1) is 10.6 Å². The molecule has 0 bridgehead atoms. The number of amides is 1. The van der Waals surface area contributed by atoms with Crippen molar-refractivity contribution in [2.75, 3.05) is 6.54 Å². The fourth-order valence-corrected chi connectivity index (χ4v) is 1.41. The van der Waals surface area contributed by atoms with Gasteiger partial charge in [-0.15, -0.1) is 0 Å². The number of aromatic nitrogens is 1. The van der Waals surface area contributed by atoms with Gasteiger partial charge in [-0.05, 0) is 26.8 Å². The Morgan fingerprint density at radius 3 is 2.85 bits per heavy atom. The average Bonchev–Trinajstić information content (AvgIpc) is 2.30. The summed E-state index contributed by atoms with van der Waals surface area (Å²) in [7, 11) is 0. The number of hydrogen-bond acceptors (Lipinski definition) is 3. The quantitative estimate of drug-likeness (QED) is 0.650. The van der Waals surface area contributed by atoms with Crippen molar-refractivity contribution in [1.82, 2.24) is 10.3 Å². The molecule has 0 spiro atoms. The molecule has 2 N–H and O–H groups in total. The second kappa shape index (κ2) is 7.01. The van der Waals surface area contributed by atoms with Gasteiger partial charge in [-0.3, -0.25) is 4.79 Å². The summed E-state index contributed by atoms with van der Waals surface area (Å²) in [4.78, 5) is 25.2. The van der Waals surface area contributed by atoms with E-state index < -0.39 is 11.7 Å². The summed E-state index contributed by atoms with van der Waals surface area (Å²) in [6.07, 6.45) is 1.32. The lowest BCUT2D eigenvalue weighted by Gasteiger charge is -2.19. The van der Waals surface area contributed by atoms with Crippen LogP contribution in [-0.2, 0) is 4.74 Å². The highest BCUT2D eigenvalue weighted by Gasteiger charge is 2.15. The van der Waals surface area contributed by atoms with Crippen LogP contribution in [0.1, 0.15) is 32.8 Å². The van der Waals surface area contributed by atoms with Gasteiger partial charge in [0.25, 0.3) is 5.56 Å². The molecule has 6 heteroatoms. The van der Waals surface area contributed by atoms with E-state index in [9.17, 15) is 9.59 Å². The SMILES string of the molecule is CC(C)(C)OC(=O)NCCC#Cc1cc(Cl)c[nH]c1=O. The topological polar surface area (TPSA) is 71.2 Å². The van der Waals surface area contributed by atoms with Crippen LogP contribution in [0.3, 0.4) is 0 Å². The monoisotopic (exact) mass is 296 g/mol. The third-order valence-corrected chi connectivity index (χ3v) is 2.23. The van der Waals surface area contributed by atoms with Crippen molar-refractivity contribution in [1.29, 1.82) is 0 Å². The number of alkyl carbamates (subject to hydrolysis) is 1. The molecule has 1 amide bonds. The molecule has 0 aliphatic heterocycles. The molecule has 0 unspecified atom stereocenters. The number of carbonyl (C=O) groups is 1. The molecule has 5 nitrogen and oxygen atoms in total. The van der Waals surface area contributed by atoms with Crippen molar-refractivity contribution in [3.05, 3.63) is 33.2 Å². The van der Waals surface area contributed by atoms with E-state index in [2.05, 4.69) is 22.1 Å². The van der Waals surface area contributed by atoms with Crippen LogP contribution in [0.4, 0.5) is 4.79 Å². The molecule has 1 aromatic rings. The first-order valence-corrected chi connectivity index (χ1v) is 6.50. The minimum absolute atomic E-state index is 0.290. The highest BCUT2D eigenvalue weighted by atomic mass is 35.5. The van der Waals surface area contributed by atoms with Gasteiger partial charge >= 0.3 is 6.09 Å². The van der Waals surface area contributed by atoms with Crippen molar-refractivity contribution in [2.45, 2.75) is 32.8 Å². The van der Waals surface area contributed by atoms with Crippen LogP contribution in [0.5, 0.6) is 0 Å². The Morgan fingerprint density at radius 1 is 1.50 bits per heavy atom. The zero-order valence-electron chi connectivity index (χ0n) is 11.7. The minimum Gasteiger partial charge on any atom is -0.444 e. The highest BCUT2D eigenvalue weighted by Crippen LogP contribution is 2.06. The van der Waals surface area contributed by atoms with Gasteiger partial charge in [0.1, 0.15) is 5.60 Å². The summed E-state index contributed by atoms with van der Waals surface area (Å²) < 4.78 is 5.07. The van der Waals surface area contributed by atoms with Gasteiger partial charge in [0, 0.05) is 19.2 Å². The maximum atomic E-state index is 11.4. The zero-order valence-corrected chi connectivity index (χ0v) is 12.4. The summed E-state index contributed by atoms with van der Waals surface area (Å²) in [5.41, 5.74) is -0.513. The normalized spacial score (nSPS) is 10.4. The van der Waals surface area contributed by atoms with Crippen LogP contribution in [0, 0.1) is 11.8 Å². The van der Waals surface area contributed by atoms with Gasteiger partial charge in [0.2, 0.25) is 0 Å². The first-order valence-electron chi connectivity index (χ1n) is 6.12. The van der Waals surface area contributed by atoms with Crippen LogP contribution in [0.25, 0.3) is 0 Å². The van der Waals surface area contributed by atoms with Gasteiger partial charge in [-0.25, -0.2) is 4.79 Å². The largest absolute Gasteiger partial charge is 0.444 e. The van der Waals surface area contributed by atoms with Crippen LogP contribution >= 0.6 is 11.6 Å². The Bertz CT molecular complexity index is 591. The number of rotatable bonds is 2. The molecule has 0 aliphatic carbocycles. The molecule has 0 radical (unpaired) electrons. The Balaban J connectivity index is 2.42. The molecule has 0 atom stereocenters.